The fraction of sp³-hybridized carbons (Fsp3) is 0.0556. The van der Waals surface area contributed by atoms with E-state index in [0.29, 0.717) is 27.9 Å². The Kier molecular flexibility index (Phi) is 2.90. The summed E-state index contributed by atoms with van der Waals surface area (Å²) >= 11 is 0. The van der Waals surface area contributed by atoms with Crippen LogP contribution >= 0.6 is 0 Å². The highest BCUT2D eigenvalue weighted by molar-refractivity contribution is 6.06. The van der Waals surface area contributed by atoms with Gasteiger partial charge in [0.25, 0.3) is 0 Å². The van der Waals surface area contributed by atoms with E-state index >= 15 is 0 Å². The number of rotatable bonds is 2. The molecule has 2 heterocycles. The first kappa shape index (κ1) is 14.0. The molecule has 0 saturated heterocycles. The van der Waals surface area contributed by atoms with Crippen LogP contribution in [0.1, 0.15) is 21.8 Å². The number of fused-ring (bicyclic) bond motifs is 3. The zero-order valence-electron chi connectivity index (χ0n) is 12.6. The summed E-state index contributed by atoms with van der Waals surface area (Å²) in [5.41, 5.74) is 3.55. The summed E-state index contributed by atoms with van der Waals surface area (Å²) in [6.07, 6.45) is 1.72. The summed E-state index contributed by atoms with van der Waals surface area (Å²) in [4.78, 5) is 15.3. The van der Waals surface area contributed by atoms with Crippen molar-refractivity contribution in [2.75, 3.05) is 0 Å². The first-order valence-electron chi connectivity index (χ1n) is 7.23. The van der Waals surface area contributed by atoms with Gasteiger partial charge in [-0.2, -0.15) is 5.26 Å². The maximum atomic E-state index is 11.0. The van der Waals surface area contributed by atoms with E-state index in [1.54, 1.807) is 25.3 Å². The molecule has 0 fully saturated rings. The fourth-order valence-corrected chi connectivity index (χ4v) is 2.88. The predicted octanol–water partition coefficient (Wildman–Crippen LogP) is 3.65. The molecule has 0 aliphatic rings. The summed E-state index contributed by atoms with van der Waals surface area (Å²) in [5, 5.41) is 19.2. The molecule has 0 amide bonds. The summed E-state index contributed by atoms with van der Waals surface area (Å²) < 4.78 is 7.51. The first-order chi connectivity index (χ1) is 11.6. The van der Waals surface area contributed by atoms with E-state index in [9.17, 15) is 10.1 Å². The van der Waals surface area contributed by atoms with Crippen LogP contribution in [0.5, 0.6) is 0 Å². The monoisotopic (exact) mass is 317 g/mol. The molecule has 0 aliphatic heterocycles. The van der Waals surface area contributed by atoms with E-state index in [2.05, 4.69) is 11.1 Å². The fourth-order valence-electron chi connectivity index (χ4n) is 2.88. The van der Waals surface area contributed by atoms with Gasteiger partial charge in [0.2, 0.25) is 0 Å². The second kappa shape index (κ2) is 4.96. The number of oxazole rings is 1. The maximum Gasteiger partial charge on any atom is 0.335 e. The number of aromatic carboxylic acids is 1. The average molecular weight is 317 g/mol. The van der Waals surface area contributed by atoms with Gasteiger partial charge in [0.15, 0.2) is 11.5 Å². The lowest BCUT2D eigenvalue weighted by molar-refractivity contribution is 0.0697. The number of aromatic nitrogens is 2. The van der Waals surface area contributed by atoms with Crippen LogP contribution in [0.3, 0.4) is 0 Å². The smallest absolute Gasteiger partial charge is 0.335 e. The summed E-state index contributed by atoms with van der Waals surface area (Å²) in [5.74, 6) is -0.435. The molecule has 116 valence electrons. The SMILES string of the molecule is Cc1nc2ccc3c(c(C#N)cn3-c3ccc(C(=O)O)cc3)c2o1. The van der Waals surface area contributed by atoms with Gasteiger partial charge < -0.3 is 14.1 Å². The molecule has 0 saturated carbocycles. The first-order valence-corrected chi connectivity index (χ1v) is 7.23. The number of aryl methyl sites for hydroxylation is 1. The van der Waals surface area contributed by atoms with Crippen molar-refractivity contribution in [1.82, 2.24) is 9.55 Å². The Morgan fingerprint density at radius 3 is 2.67 bits per heavy atom. The Morgan fingerprint density at radius 2 is 2.00 bits per heavy atom. The van der Waals surface area contributed by atoms with Crippen LogP contribution in [0, 0.1) is 18.3 Å². The van der Waals surface area contributed by atoms with Gasteiger partial charge in [0.1, 0.15) is 11.6 Å². The minimum atomic E-state index is -0.976. The van der Waals surface area contributed by atoms with Gasteiger partial charge in [0, 0.05) is 18.8 Å². The Bertz CT molecular complexity index is 1140. The second-order valence-corrected chi connectivity index (χ2v) is 5.42. The number of carboxylic acids is 1. The molecule has 6 nitrogen and oxygen atoms in total. The van der Waals surface area contributed by atoms with Gasteiger partial charge in [-0.05, 0) is 36.4 Å². The molecule has 0 radical (unpaired) electrons. The lowest BCUT2D eigenvalue weighted by Crippen LogP contribution is -1.97. The van der Waals surface area contributed by atoms with Crippen LogP contribution < -0.4 is 0 Å². The molecule has 0 bridgehead atoms. The molecule has 6 heteroatoms. The van der Waals surface area contributed by atoms with E-state index in [4.69, 9.17) is 9.52 Å². The lowest BCUT2D eigenvalue weighted by atomic mass is 10.1. The second-order valence-electron chi connectivity index (χ2n) is 5.42. The number of carboxylic acid groups (broad SMARTS) is 1. The van der Waals surface area contributed by atoms with Crippen molar-refractivity contribution in [2.45, 2.75) is 6.92 Å². The lowest BCUT2D eigenvalue weighted by Gasteiger charge is -2.05. The highest BCUT2D eigenvalue weighted by Crippen LogP contribution is 2.32. The maximum absolute atomic E-state index is 11.0. The molecule has 2 aromatic heterocycles. The van der Waals surface area contributed by atoms with Crippen LogP contribution in [0.25, 0.3) is 27.7 Å². The van der Waals surface area contributed by atoms with Gasteiger partial charge in [-0.25, -0.2) is 9.78 Å². The van der Waals surface area contributed by atoms with E-state index in [0.717, 1.165) is 11.2 Å². The standard InChI is InChI=1S/C18H11N3O3/c1-10-20-14-6-7-15-16(17(14)24-10)12(8-19)9-21(15)13-4-2-11(3-5-13)18(22)23/h2-7,9H,1H3,(H,22,23). The third kappa shape index (κ3) is 1.96. The summed E-state index contributed by atoms with van der Waals surface area (Å²) in [7, 11) is 0. The number of hydrogen-bond acceptors (Lipinski definition) is 4. The van der Waals surface area contributed by atoms with Crippen molar-refractivity contribution in [3.63, 3.8) is 0 Å². The van der Waals surface area contributed by atoms with Crippen molar-refractivity contribution in [3.05, 3.63) is 59.6 Å². The quantitative estimate of drug-likeness (QED) is 0.609. The molecule has 24 heavy (non-hydrogen) atoms. The highest BCUT2D eigenvalue weighted by atomic mass is 16.4. The molecule has 2 aromatic carbocycles. The Hall–Kier alpha value is -3.59. The van der Waals surface area contributed by atoms with E-state index < -0.39 is 5.97 Å². The number of benzene rings is 2. The minimum Gasteiger partial charge on any atom is -0.478 e. The molecule has 1 N–H and O–H groups in total. The molecular formula is C18H11N3O3. The number of carbonyl (C=O) groups is 1. The van der Waals surface area contributed by atoms with Crippen LogP contribution in [0.15, 0.2) is 47.0 Å². The molecular weight excluding hydrogens is 306 g/mol. The minimum absolute atomic E-state index is 0.212. The van der Waals surface area contributed by atoms with Gasteiger partial charge in [-0.15, -0.1) is 0 Å². The largest absolute Gasteiger partial charge is 0.478 e. The zero-order valence-corrected chi connectivity index (χ0v) is 12.6. The van der Waals surface area contributed by atoms with Gasteiger partial charge in [0.05, 0.1) is 22.0 Å². The number of hydrogen-bond donors (Lipinski definition) is 1. The molecule has 0 atom stereocenters. The molecule has 4 aromatic rings. The Balaban J connectivity index is 2.01. The highest BCUT2D eigenvalue weighted by Gasteiger charge is 2.16. The van der Waals surface area contributed by atoms with Gasteiger partial charge in [-0.1, -0.05) is 0 Å². The summed E-state index contributed by atoms with van der Waals surface area (Å²) in [6.45, 7) is 1.76. The van der Waals surface area contributed by atoms with Crippen molar-refractivity contribution in [1.29, 1.82) is 5.26 Å². The Labute approximate surface area is 136 Å². The molecule has 0 spiro atoms. The van der Waals surface area contributed by atoms with Gasteiger partial charge in [-0.3, -0.25) is 0 Å². The normalized spacial score (nSPS) is 11.0. The van der Waals surface area contributed by atoms with Crippen molar-refractivity contribution in [2.24, 2.45) is 0 Å². The van der Waals surface area contributed by atoms with Crippen LogP contribution in [-0.4, -0.2) is 20.6 Å². The number of nitriles is 1. The van der Waals surface area contributed by atoms with E-state index in [1.807, 2.05) is 16.7 Å². The van der Waals surface area contributed by atoms with Crippen LogP contribution in [0.2, 0.25) is 0 Å². The molecule has 4 rings (SSSR count). The third-order valence-corrected chi connectivity index (χ3v) is 3.94. The van der Waals surface area contributed by atoms with E-state index in [-0.39, 0.29) is 5.56 Å². The molecule has 0 unspecified atom stereocenters. The summed E-state index contributed by atoms with van der Waals surface area (Å²) in [6, 6.07) is 12.4. The molecule has 0 aliphatic carbocycles. The van der Waals surface area contributed by atoms with Crippen molar-refractivity contribution in [3.8, 4) is 11.8 Å². The number of nitrogens with zero attached hydrogens (tertiary/aromatic N) is 3. The van der Waals surface area contributed by atoms with Crippen molar-refractivity contribution < 1.29 is 14.3 Å². The van der Waals surface area contributed by atoms with E-state index in [1.165, 1.54) is 12.1 Å². The van der Waals surface area contributed by atoms with Gasteiger partial charge >= 0.3 is 5.97 Å². The zero-order chi connectivity index (χ0) is 16.8. The van der Waals surface area contributed by atoms with Crippen molar-refractivity contribution >= 4 is 28.0 Å². The topological polar surface area (TPSA) is 92.0 Å². The third-order valence-electron chi connectivity index (χ3n) is 3.94. The average Bonchev–Trinajstić information content (AvgIpc) is 3.14. The predicted molar refractivity (Wildman–Crippen MR) is 87.3 cm³/mol. The Morgan fingerprint density at radius 1 is 1.25 bits per heavy atom. The van der Waals surface area contributed by atoms with Crippen LogP contribution in [0.4, 0.5) is 0 Å². The van der Waals surface area contributed by atoms with Crippen LogP contribution in [-0.2, 0) is 0 Å².